The van der Waals surface area contributed by atoms with Gasteiger partial charge in [-0.3, -0.25) is 9.78 Å². The largest absolute Gasteiger partial charge is 0.493 e. The maximum Gasteiger partial charge on any atom is 0.227 e. The summed E-state index contributed by atoms with van der Waals surface area (Å²) in [5, 5.41) is 0.912. The van der Waals surface area contributed by atoms with Crippen LogP contribution in [0.15, 0.2) is 54.7 Å². The molecule has 0 spiro atoms. The van der Waals surface area contributed by atoms with Gasteiger partial charge in [-0.05, 0) is 47.5 Å². The van der Waals surface area contributed by atoms with Gasteiger partial charge >= 0.3 is 0 Å². The second-order valence-corrected chi connectivity index (χ2v) is 7.84. The van der Waals surface area contributed by atoms with E-state index in [1.807, 2.05) is 24.3 Å². The van der Waals surface area contributed by atoms with Crippen molar-refractivity contribution in [1.29, 1.82) is 0 Å². The quantitative estimate of drug-likeness (QED) is 0.427. The van der Waals surface area contributed by atoms with Crippen LogP contribution < -0.4 is 14.2 Å². The summed E-state index contributed by atoms with van der Waals surface area (Å²) in [4.78, 5) is 19.4. The Labute approximate surface area is 197 Å². The van der Waals surface area contributed by atoms with Gasteiger partial charge in [0.15, 0.2) is 11.5 Å². The van der Waals surface area contributed by atoms with E-state index in [0.29, 0.717) is 40.4 Å². The number of rotatable bonds is 9. The van der Waals surface area contributed by atoms with Crippen LogP contribution >= 0.6 is 23.2 Å². The molecule has 1 aromatic heterocycles. The standard InChI is InChI=1S/C24H24Cl2N2O4/c1-30-21-11-17(12-22(31-2)24(21)32-3)13-23(29)28(15-18-6-4-5-9-27-18)14-16-7-8-19(25)20(26)10-16/h4-12H,13-15H2,1-3H3. The molecule has 1 heterocycles. The van der Waals surface area contributed by atoms with Crippen molar-refractivity contribution in [3.05, 3.63) is 81.6 Å². The second-order valence-electron chi connectivity index (χ2n) is 7.03. The van der Waals surface area contributed by atoms with Gasteiger partial charge in [0.25, 0.3) is 0 Å². The number of benzene rings is 2. The van der Waals surface area contributed by atoms with Gasteiger partial charge < -0.3 is 19.1 Å². The molecule has 6 nitrogen and oxygen atoms in total. The first-order valence-electron chi connectivity index (χ1n) is 9.85. The lowest BCUT2D eigenvalue weighted by Crippen LogP contribution is -2.31. The van der Waals surface area contributed by atoms with Crippen molar-refractivity contribution in [2.75, 3.05) is 21.3 Å². The first kappa shape index (κ1) is 23.7. The zero-order chi connectivity index (χ0) is 23.1. The zero-order valence-electron chi connectivity index (χ0n) is 18.1. The highest BCUT2D eigenvalue weighted by molar-refractivity contribution is 6.42. The highest BCUT2D eigenvalue weighted by Gasteiger charge is 2.19. The summed E-state index contributed by atoms with van der Waals surface area (Å²) in [7, 11) is 4.62. The average molecular weight is 475 g/mol. The van der Waals surface area contributed by atoms with Gasteiger partial charge in [0.05, 0.1) is 50.0 Å². The molecular formula is C24H24Cl2N2O4. The summed E-state index contributed by atoms with van der Waals surface area (Å²) in [6.45, 7) is 0.709. The fourth-order valence-electron chi connectivity index (χ4n) is 3.30. The molecular weight excluding hydrogens is 451 g/mol. The normalized spacial score (nSPS) is 10.5. The molecule has 0 aliphatic heterocycles. The van der Waals surface area contributed by atoms with E-state index >= 15 is 0 Å². The molecule has 0 saturated carbocycles. The highest BCUT2D eigenvalue weighted by atomic mass is 35.5. The molecule has 0 aliphatic carbocycles. The number of aromatic nitrogens is 1. The van der Waals surface area contributed by atoms with Crippen LogP contribution in [0.2, 0.25) is 10.0 Å². The van der Waals surface area contributed by atoms with Crippen molar-refractivity contribution in [2.45, 2.75) is 19.5 Å². The zero-order valence-corrected chi connectivity index (χ0v) is 19.6. The Morgan fingerprint density at radius 1 is 0.875 bits per heavy atom. The van der Waals surface area contributed by atoms with E-state index < -0.39 is 0 Å². The number of ether oxygens (including phenoxy) is 3. The summed E-state index contributed by atoms with van der Waals surface area (Å²) in [6.07, 6.45) is 1.85. The first-order valence-corrected chi connectivity index (χ1v) is 10.6. The van der Waals surface area contributed by atoms with Gasteiger partial charge in [-0.25, -0.2) is 0 Å². The molecule has 32 heavy (non-hydrogen) atoms. The van der Waals surface area contributed by atoms with Gasteiger partial charge in [0, 0.05) is 12.7 Å². The molecule has 1 amide bonds. The Balaban J connectivity index is 1.88. The highest BCUT2D eigenvalue weighted by Crippen LogP contribution is 2.38. The fourth-order valence-corrected chi connectivity index (χ4v) is 3.62. The van der Waals surface area contributed by atoms with Crippen molar-refractivity contribution < 1.29 is 19.0 Å². The van der Waals surface area contributed by atoms with Crippen LogP contribution in [0.25, 0.3) is 0 Å². The van der Waals surface area contributed by atoms with Crippen LogP contribution in [0.5, 0.6) is 17.2 Å². The second kappa shape index (κ2) is 11.1. The Kier molecular flexibility index (Phi) is 8.20. The van der Waals surface area contributed by atoms with Crippen molar-refractivity contribution in [2.24, 2.45) is 0 Å². The molecule has 3 rings (SSSR count). The third-order valence-corrected chi connectivity index (χ3v) is 5.61. The predicted molar refractivity (Wildman–Crippen MR) is 125 cm³/mol. The molecule has 0 fully saturated rings. The first-order chi connectivity index (χ1) is 15.4. The van der Waals surface area contributed by atoms with Crippen LogP contribution in [0, 0.1) is 0 Å². The SMILES string of the molecule is COc1cc(CC(=O)N(Cc2ccc(Cl)c(Cl)c2)Cc2ccccn2)cc(OC)c1OC. The lowest BCUT2D eigenvalue weighted by molar-refractivity contribution is -0.131. The van der Waals surface area contributed by atoms with Crippen molar-refractivity contribution in [3.63, 3.8) is 0 Å². The number of hydrogen-bond donors (Lipinski definition) is 0. The minimum atomic E-state index is -0.0870. The summed E-state index contributed by atoms with van der Waals surface area (Å²) >= 11 is 12.2. The van der Waals surface area contributed by atoms with Crippen LogP contribution in [-0.2, 0) is 24.3 Å². The summed E-state index contributed by atoms with van der Waals surface area (Å²) < 4.78 is 16.2. The average Bonchev–Trinajstić information content (AvgIpc) is 2.80. The Morgan fingerprint density at radius 3 is 2.16 bits per heavy atom. The fraction of sp³-hybridized carbons (Fsp3) is 0.250. The number of halogens is 2. The van der Waals surface area contributed by atoms with Crippen molar-refractivity contribution in [3.8, 4) is 17.2 Å². The smallest absolute Gasteiger partial charge is 0.227 e. The number of nitrogens with zero attached hydrogens (tertiary/aromatic N) is 2. The number of hydrogen-bond acceptors (Lipinski definition) is 5. The Morgan fingerprint density at radius 2 is 1.59 bits per heavy atom. The number of pyridine rings is 1. The summed E-state index contributed by atoms with van der Waals surface area (Å²) in [5.74, 6) is 1.38. The van der Waals surface area contributed by atoms with E-state index in [-0.39, 0.29) is 12.3 Å². The molecule has 0 aliphatic rings. The van der Waals surface area contributed by atoms with E-state index in [9.17, 15) is 4.79 Å². The minimum Gasteiger partial charge on any atom is -0.493 e. The van der Waals surface area contributed by atoms with Crippen LogP contribution in [0.1, 0.15) is 16.8 Å². The lowest BCUT2D eigenvalue weighted by Gasteiger charge is -2.23. The molecule has 3 aromatic rings. The number of methoxy groups -OCH3 is 3. The maximum atomic E-state index is 13.4. The maximum absolute atomic E-state index is 13.4. The Bertz CT molecular complexity index is 1050. The topological polar surface area (TPSA) is 60.9 Å². The molecule has 0 bridgehead atoms. The molecule has 0 saturated heterocycles. The van der Waals surface area contributed by atoms with E-state index in [1.165, 1.54) is 7.11 Å². The number of carbonyl (C=O) groups excluding carboxylic acids is 1. The molecule has 0 unspecified atom stereocenters. The van der Waals surface area contributed by atoms with E-state index in [4.69, 9.17) is 37.4 Å². The van der Waals surface area contributed by atoms with Crippen molar-refractivity contribution in [1.82, 2.24) is 9.88 Å². The number of amides is 1. The van der Waals surface area contributed by atoms with Gasteiger partial charge in [-0.15, -0.1) is 0 Å². The third-order valence-electron chi connectivity index (χ3n) is 4.87. The van der Waals surface area contributed by atoms with Crippen molar-refractivity contribution >= 4 is 29.1 Å². The predicted octanol–water partition coefficient (Wildman–Crippen LogP) is 5.19. The Hall–Kier alpha value is -2.96. The lowest BCUT2D eigenvalue weighted by atomic mass is 10.1. The molecule has 8 heteroatoms. The van der Waals surface area contributed by atoms with Gasteiger partial charge in [-0.2, -0.15) is 0 Å². The van der Waals surface area contributed by atoms with E-state index in [0.717, 1.165) is 16.8 Å². The summed E-state index contributed by atoms with van der Waals surface area (Å²) in [5.41, 5.74) is 2.39. The molecule has 0 radical (unpaired) electrons. The molecule has 0 N–H and O–H groups in total. The molecule has 2 aromatic carbocycles. The minimum absolute atomic E-state index is 0.0870. The van der Waals surface area contributed by atoms with Crippen LogP contribution in [0.3, 0.4) is 0 Å². The van der Waals surface area contributed by atoms with Gasteiger partial charge in [0.2, 0.25) is 11.7 Å². The van der Waals surface area contributed by atoms with Crippen LogP contribution in [-0.4, -0.2) is 37.1 Å². The van der Waals surface area contributed by atoms with Crippen LogP contribution in [0.4, 0.5) is 0 Å². The van der Waals surface area contributed by atoms with Gasteiger partial charge in [-0.1, -0.05) is 35.3 Å². The molecule has 168 valence electrons. The summed E-state index contributed by atoms with van der Waals surface area (Å²) in [6, 6.07) is 14.5. The number of carbonyl (C=O) groups is 1. The van der Waals surface area contributed by atoms with E-state index in [1.54, 1.807) is 49.6 Å². The monoisotopic (exact) mass is 474 g/mol. The van der Waals surface area contributed by atoms with Gasteiger partial charge in [0.1, 0.15) is 0 Å². The van der Waals surface area contributed by atoms with E-state index in [2.05, 4.69) is 4.98 Å². The molecule has 0 atom stereocenters. The third kappa shape index (κ3) is 5.84.